The highest BCUT2D eigenvalue weighted by Gasteiger charge is 2.31. The van der Waals surface area contributed by atoms with Gasteiger partial charge in [-0.1, -0.05) is 60.5 Å². The number of alkyl halides is 2. The number of rotatable bonds is 16. The normalized spacial score (nSPS) is 16.4. The number of amidine groups is 1. The summed E-state index contributed by atoms with van der Waals surface area (Å²) >= 11 is 0. The van der Waals surface area contributed by atoms with Gasteiger partial charge in [0.2, 0.25) is 0 Å². The molecule has 1 aliphatic rings. The van der Waals surface area contributed by atoms with E-state index < -0.39 is 11.8 Å². The quantitative estimate of drug-likeness (QED) is 0.191. The first kappa shape index (κ1) is 36.4. The minimum Gasteiger partial charge on any atom is -0.493 e. The molecular formula is C36H50F2N6O2. The molecule has 250 valence electrons. The van der Waals surface area contributed by atoms with Crippen LogP contribution in [0.25, 0.3) is 5.57 Å². The van der Waals surface area contributed by atoms with E-state index in [0.717, 1.165) is 68.5 Å². The van der Waals surface area contributed by atoms with Crippen molar-refractivity contribution in [2.24, 2.45) is 28.5 Å². The SMILES string of the molecule is C=C(C(CCCC)CC(C)CC)N1C=CN=C(N)/C1=C(\c1cnc(C(=O)Nc2cc(C(C)(F)F)ccn2)cc1OCC)C(C)CC. The van der Waals surface area contributed by atoms with Crippen molar-refractivity contribution in [3.05, 3.63) is 77.8 Å². The van der Waals surface area contributed by atoms with Crippen LogP contribution in [0.15, 0.2) is 66.0 Å². The summed E-state index contributed by atoms with van der Waals surface area (Å²) in [6.45, 7) is 18.5. The van der Waals surface area contributed by atoms with Gasteiger partial charge in [-0.05, 0) is 61.6 Å². The third kappa shape index (κ3) is 9.01. The average molecular weight is 637 g/mol. The molecule has 1 amide bonds. The van der Waals surface area contributed by atoms with Crippen LogP contribution in [0.2, 0.25) is 0 Å². The Kier molecular flexibility index (Phi) is 13.0. The number of hydrogen-bond donors (Lipinski definition) is 2. The lowest BCUT2D eigenvalue weighted by Crippen LogP contribution is -2.34. The Hall–Kier alpha value is -4.08. The summed E-state index contributed by atoms with van der Waals surface area (Å²) in [7, 11) is 0. The van der Waals surface area contributed by atoms with E-state index in [1.165, 1.54) is 12.3 Å². The summed E-state index contributed by atoms with van der Waals surface area (Å²) in [5.41, 5.74) is 9.73. The van der Waals surface area contributed by atoms with Crippen LogP contribution in [-0.2, 0) is 5.92 Å². The lowest BCUT2D eigenvalue weighted by Gasteiger charge is -2.36. The molecule has 10 heteroatoms. The van der Waals surface area contributed by atoms with Crippen LogP contribution < -0.4 is 15.8 Å². The molecule has 0 saturated heterocycles. The molecular weight excluding hydrogens is 586 g/mol. The second-order valence-electron chi connectivity index (χ2n) is 12.1. The minimum atomic E-state index is -3.08. The lowest BCUT2D eigenvalue weighted by atomic mass is 9.86. The number of nitrogens with two attached hydrogens (primary N) is 1. The summed E-state index contributed by atoms with van der Waals surface area (Å²) in [5, 5.41) is 2.58. The molecule has 2 aromatic rings. The molecule has 8 nitrogen and oxygen atoms in total. The van der Waals surface area contributed by atoms with Gasteiger partial charge < -0.3 is 20.7 Å². The fourth-order valence-corrected chi connectivity index (χ4v) is 5.49. The zero-order valence-corrected chi connectivity index (χ0v) is 28.4. The zero-order chi connectivity index (χ0) is 34.0. The van der Waals surface area contributed by atoms with Crippen molar-refractivity contribution in [1.82, 2.24) is 14.9 Å². The van der Waals surface area contributed by atoms with Gasteiger partial charge in [0.1, 0.15) is 23.1 Å². The number of allylic oxidation sites excluding steroid dienone is 2. The first-order chi connectivity index (χ1) is 21.9. The standard InChI is InChI=1S/C36H50F2N6O2/c1-9-13-14-26(19-23(5)10-2)25(7)44-18-17-41-34(39)33(44)32(24(6)11-3)28-22-42-29(21-30(28)46-12-4)35(45)43-31-20-27(15-16-40-31)36(8,37)38/h15-18,20-24,26H,7,9-14,19H2,1-6,8H3,(H2,39,41)(H,40,43,45)/b33-32+. The van der Waals surface area contributed by atoms with Crippen LogP contribution in [0.5, 0.6) is 5.75 Å². The minimum absolute atomic E-state index is 0.00238. The topological polar surface area (TPSA) is 106 Å². The van der Waals surface area contributed by atoms with Gasteiger partial charge in [-0.15, -0.1) is 0 Å². The number of anilines is 1. The third-order valence-electron chi connectivity index (χ3n) is 8.54. The van der Waals surface area contributed by atoms with Gasteiger partial charge >= 0.3 is 0 Å². The Morgan fingerprint density at radius 3 is 2.52 bits per heavy atom. The molecule has 2 aromatic heterocycles. The number of amides is 1. The van der Waals surface area contributed by atoms with Gasteiger partial charge in [0.05, 0.1) is 12.3 Å². The van der Waals surface area contributed by atoms with E-state index in [2.05, 4.69) is 66.4 Å². The van der Waals surface area contributed by atoms with E-state index >= 15 is 0 Å². The summed E-state index contributed by atoms with van der Waals surface area (Å²) in [6.07, 6.45) is 12.6. The number of nitrogens with one attached hydrogen (secondary N) is 1. The number of pyridine rings is 2. The molecule has 0 aromatic carbocycles. The maximum atomic E-state index is 13.9. The number of carbonyl (C=O) groups is 1. The second-order valence-corrected chi connectivity index (χ2v) is 12.1. The summed E-state index contributed by atoms with van der Waals surface area (Å²) < 4.78 is 33.8. The number of unbranched alkanes of at least 4 members (excludes halogenated alkanes) is 1. The molecule has 3 N–H and O–H groups in total. The van der Waals surface area contributed by atoms with Crippen molar-refractivity contribution in [3.8, 4) is 5.75 Å². The Labute approximate surface area is 272 Å². The molecule has 3 atom stereocenters. The smallest absolute Gasteiger partial charge is 0.275 e. The van der Waals surface area contributed by atoms with Gasteiger partial charge in [-0.3, -0.25) is 9.78 Å². The molecule has 46 heavy (non-hydrogen) atoms. The number of hydrogen-bond acceptors (Lipinski definition) is 7. The molecule has 0 fully saturated rings. The maximum absolute atomic E-state index is 13.9. The van der Waals surface area contributed by atoms with E-state index in [0.29, 0.717) is 29.7 Å². The monoisotopic (exact) mass is 636 g/mol. The fourth-order valence-electron chi connectivity index (χ4n) is 5.49. The van der Waals surface area contributed by atoms with Crippen LogP contribution in [0, 0.1) is 17.8 Å². The molecule has 0 bridgehead atoms. The maximum Gasteiger partial charge on any atom is 0.275 e. The van der Waals surface area contributed by atoms with Gasteiger partial charge in [0, 0.05) is 54.6 Å². The number of carbonyl (C=O) groups excluding carboxylic acids is 1. The van der Waals surface area contributed by atoms with Gasteiger partial charge in [-0.2, -0.15) is 0 Å². The number of aromatic nitrogens is 2. The van der Waals surface area contributed by atoms with E-state index in [4.69, 9.17) is 10.5 Å². The molecule has 3 rings (SSSR count). The first-order valence-electron chi connectivity index (χ1n) is 16.4. The largest absolute Gasteiger partial charge is 0.493 e. The summed E-state index contributed by atoms with van der Waals surface area (Å²) in [6, 6.07) is 3.92. The highest BCUT2D eigenvalue weighted by Crippen LogP contribution is 2.40. The zero-order valence-electron chi connectivity index (χ0n) is 28.4. The van der Waals surface area contributed by atoms with Crippen LogP contribution in [-0.4, -0.2) is 33.2 Å². The highest BCUT2D eigenvalue weighted by molar-refractivity contribution is 6.06. The average Bonchev–Trinajstić information content (AvgIpc) is 3.03. The Morgan fingerprint density at radius 2 is 1.89 bits per heavy atom. The van der Waals surface area contributed by atoms with Crippen LogP contribution in [0.3, 0.4) is 0 Å². The third-order valence-corrected chi connectivity index (χ3v) is 8.54. The molecule has 0 radical (unpaired) electrons. The molecule has 3 heterocycles. The van der Waals surface area contributed by atoms with Gasteiger partial charge in [-0.25, -0.2) is 18.8 Å². The Morgan fingerprint density at radius 1 is 1.15 bits per heavy atom. The number of halogens is 2. The van der Waals surface area contributed by atoms with E-state index in [-0.39, 0.29) is 28.9 Å². The van der Waals surface area contributed by atoms with E-state index in [1.807, 2.05) is 13.1 Å². The predicted molar refractivity (Wildman–Crippen MR) is 182 cm³/mol. The lowest BCUT2D eigenvalue weighted by molar-refractivity contribution is 0.0174. The Bertz CT molecular complexity index is 1460. The van der Waals surface area contributed by atoms with Crippen LogP contribution in [0.4, 0.5) is 14.6 Å². The van der Waals surface area contributed by atoms with E-state index in [9.17, 15) is 13.6 Å². The Balaban J connectivity index is 2.12. The van der Waals surface area contributed by atoms with Crippen LogP contribution >= 0.6 is 0 Å². The van der Waals surface area contributed by atoms with Crippen molar-refractivity contribution >= 4 is 23.1 Å². The summed E-state index contributed by atoms with van der Waals surface area (Å²) in [5.74, 6) is -2.06. The summed E-state index contributed by atoms with van der Waals surface area (Å²) in [4.78, 5) is 28.3. The molecule has 3 unspecified atom stereocenters. The number of ether oxygens (including phenoxy) is 1. The molecule has 0 spiro atoms. The van der Waals surface area contributed by atoms with Crippen molar-refractivity contribution < 1.29 is 18.3 Å². The van der Waals surface area contributed by atoms with Crippen LogP contribution in [0.1, 0.15) is 109 Å². The fraction of sp³-hybridized carbons (Fsp3) is 0.500. The molecule has 0 saturated carbocycles. The van der Waals surface area contributed by atoms with Gasteiger partial charge in [0.15, 0.2) is 0 Å². The van der Waals surface area contributed by atoms with Crippen molar-refractivity contribution in [1.29, 1.82) is 0 Å². The van der Waals surface area contributed by atoms with Gasteiger partial charge in [0.25, 0.3) is 11.8 Å². The number of nitrogens with zero attached hydrogens (tertiary/aromatic N) is 4. The second kappa shape index (κ2) is 16.5. The number of aliphatic imine (C=N–C) groups is 1. The molecule has 0 aliphatic carbocycles. The first-order valence-corrected chi connectivity index (χ1v) is 16.4. The molecule has 1 aliphatic heterocycles. The van der Waals surface area contributed by atoms with Crippen molar-refractivity contribution in [3.63, 3.8) is 0 Å². The predicted octanol–water partition coefficient (Wildman–Crippen LogP) is 8.90. The van der Waals surface area contributed by atoms with Crippen molar-refractivity contribution in [2.75, 3.05) is 11.9 Å². The van der Waals surface area contributed by atoms with E-state index in [1.54, 1.807) is 18.5 Å². The highest BCUT2D eigenvalue weighted by atomic mass is 19.3. The van der Waals surface area contributed by atoms with Crippen molar-refractivity contribution in [2.45, 2.75) is 92.9 Å².